The first-order valence-electron chi connectivity index (χ1n) is 7.35. The molecule has 1 aliphatic heterocycles. The predicted molar refractivity (Wildman–Crippen MR) is 80.7 cm³/mol. The minimum atomic E-state index is -0.506. The highest BCUT2D eigenvalue weighted by Gasteiger charge is 2.48. The molecule has 0 unspecified atom stereocenters. The summed E-state index contributed by atoms with van der Waals surface area (Å²) in [5.74, 6) is 0.486. The number of carbonyl (C=O) groups excluding carboxylic acids is 2. The third-order valence-corrected chi connectivity index (χ3v) is 4.28. The molecule has 5 heteroatoms. The molecule has 1 heterocycles. The van der Waals surface area contributed by atoms with Gasteiger partial charge >= 0.3 is 0 Å². The summed E-state index contributed by atoms with van der Waals surface area (Å²) < 4.78 is 5.55. The van der Waals surface area contributed by atoms with Crippen LogP contribution in [0.15, 0.2) is 24.3 Å². The SMILES string of the molecule is CCC1(CC)CC(=O)N(CCOc2cccc(N)c2)C1=O. The number of likely N-dealkylation sites (tertiary alicyclic amines) is 1. The Hall–Kier alpha value is -2.04. The number of rotatable bonds is 6. The van der Waals surface area contributed by atoms with Crippen molar-refractivity contribution in [1.29, 1.82) is 0 Å². The Labute approximate surface area is 125 Å². The lowest BCUT2D eigenvalue weighted by atomic mass is 9.81. The number of nitrogens with zero attached hydrogens (tertiary/aromatic N) is 1. The van der Waals surface area contributed by atoms with Crippen LogP contribution < -0.4 is 10.5 Å². The van der Waals surface area contributed by atoms with E-state index in [0.717, 1.165) is 0 Å². The van der Waals surface area contributed by atoms with Gasteiger partial charge < -0.3 is 10.5 Å². The summed E-state index contributed by atoms with van der Waals surface area (Å²) in [5, 5.41) is 0. The highest BCUT2D eigenvalue weighted by Crippen LogP contribution is 2.38. The normalized spacial score (nSPS) is 17.3. The molecule has 114 valence electrons. The van der Waals surface area contributed by atoms with E-state index in [4.69, 9.17) is 10.5 Å². The predicted octanol–water partition coefficient (Wildman–Crippen LogP) is 2.21. The van der Waals surface area contributed by atoms with Gasteiger partial charge in [0.05, 0.1) is 12.0 Å². The molecule has 0 spiro atoms. The third kappa shape index (κ3) is 3.01. The van der Waals surface area contributed by atoms with Crippen molar-refractivity contribution < 1.29 is 14.3 Å². The van der Waals surface area contributed by atoms with Crippen LogP contribution in [0.3, 0.4) is 0 Å². The van der Waals surface area contributed by atoms with Gasteiger partial charge in [-0.3, -0.25) is 14.5 Å². The van der Waals surface area contributed by atoms with Crippen molar-refractivity contribution in [3.05, 3.63) is 24.3 Å². The molecule has 1 saturated heterocycles. The van der Waals surface area contributed by atoms with Crippen molar-refractivity contribution in [1.82, 2.24) is 4.90 Å². The van der Waals surface area contributed by atoms with Crippen LogP contribution >= 0.6 is 0 Å². The van der Waals surface area contributed by atoms with Gasteiger partial charge in [0.15, 0.2) is 0 Å². The Morgan fingerprint density at radius 3 is 2.57 bits per heavy atom. The number of hydrogen-bond donors (Lipinski definition) is 1. The van der Waals surface area contributed by atoms with Crippen LogP contribution in [0.1, 0.15) is 33.1 Å². The van der Waals surface area contributed by atoms with E-state index >= 15 is 0 Å². The number of imide groups is 1. The Morgan fingerprint density at radius 1 is 1.29 bits per heavy atom. The zero-order valence-electron chi connectivity index (χ0n) is 12.6. The zero-order valence-corrected chi connectivity index (χ0v) is 12.6. The molecule has 0 aromatic heterocycles. The lowest BCUT2D eigenvalue weighted by Crippen LogP contribution is -2.37. The van der Waals surface area contributed by atoms with Gasteiger partial charge in [-0.15, -0.1) is 0 Å². The van der Waals surface area contributed by atoms with Gasteiger partial charge in [-0.25, -0.2) is 0 Å². The Balaban J connectivity index is 1.94. The molecule has 21 heavy (non-hydrogen) atoms. The smallest absolute Gasteiger partial charge is 0.236 e. The van der Waals surface area contributed by atoms with Crippen LogP contribution in [0, 0.1) is 5.41 Å². The summed E-state index contributed by atoms with van der Waals surface area (Å²) in [6, 6.07) is 7.09. The van der Waals surface area contributed by atoms with Crippen LogP contribution in [0.4, 0.5) is 5.69 Å². The summed E-state index contributed by atoms with van der Waals surface area (Å²) >= 11 is 0. The lowest BCUT2D eigenvalue weighted by molar-refractivity contribution is -0.142. The number of anilines is 1. The van der Waals surface area contributed by atoms with E-state index in [0.29, 0.717) is 30.7 Å². The van der Waals surface area contributed by atoms with E-state index in [1.54, 1.807) is 24.3 Å². The second kappa shape index (κ2) is 6.16. The van der Waals surface area contributed by atoms with E-state index in [1.807, 2.05) is 13.8 Å². The average molecular weight is 290 g/mol. The minimum Gasteiger partial charge on any atom is -0.492 e. The van der Waals surface area contributed by atoms with Crippen molar-refractivity contribution in [2.45, 2.75) is 33.1 Å². The lowest BCUT2D eigenvalue weighted by Gasteiger charge is -2.23. The molecule has 2 rings (SSSR count). The molecule has 2 amide bonds. The summed E-state index contributed by atoms with van der Waals surface area (Å²) in [4.78, 5) is 25.8. The topological polar surface area (TPSA) is 72.6 Å². The standard InChI is InChI=1S/C16H22N2O3/c1-3-16(4-2)11-14(19)18(15(16)20)8-9-21-13-7-5-6-12(17)10-13/h5-7,10H,3-4,8-9,11,17H2,1-2H3. The molecule has 0 radical (unpaired) electrons. The van der Waals surface area contributed by atoms with Gasteiger partial charge in [-0.2, -0.15) is 0 Å². The molecule has 5 nitrogen and oxygen atoms in total. The molecule has 0 bridgehead atoms. The third-order valence-electron chi connectivity index (χ3n) is 4.28. The van der Waals surface area contributed by atoms with Gasteiger partial charge in [-0.05, 0) is 25.0 Å². The second-order valence-corrected chi connectivity index (χ2v) is 5.44. The van der Waals surface area contributed by atoms with Crippen molar-refractivity contribution in [2.24, 2.45) is 5.41 Å². The number of benzene rings is 1. The molecule has 1 aliphatic rings. The first kappa shape index (κ1) is 15.4. The van der Waals surface area contributed by atoms with E-state index in [1.165, 1.54) is 4.90 Å². The van der Waals surface area contributed by atoms with E-state index in [9.17, 15) is 9.59 Å². The second-order valence-electron chi connectivity index (χ2n) is 5.44. The van der Waals surface area contributed by atoms with Crippen LogP contribution in [0.25, 0.3) is 0 Å². The van der Waals surface area contributed by atoms with Crippen molar-refractivity contribution >= 4 is 17.5 Å². The number of amides is 2. The summed E-state index contributed by atoms with van der Waals surface area (Å²) in [5.41, 5.74) is 5.79. The van der Waals surface area contributed by atoms with Gasteiger partial charge in [0.1, 0.15) is 12.4 Å². The number of nitrogens with two attached hydrogens (primary N) is 1. The van der Waals surface area contributed by atoms with E-state index < -0.39 is 5.41 Å². The summed E-state index contributed by atoms with van der Waals surface area (Å²) in [7, 11) is 0. The molecule has 2 N–H and O–H groups in total. The molecule has 0 atom stereocenters. The van der Waals surface area contributed by atoms with E-state index in [-0.39, 0.29) is 25.0 Å². The van der Waals surface area contributed by atoms with Gasteiger partial charge in [0.2, 0.25) is 11.8 Å². The monoisotopic (exact) mass is 290 g/mol. The fraction of sp³-hybridized carbons (Fsp3) is 0.500. The minimum absolute atomic E-state index is 0.0614. The number of nitrogen functional groups attached to an aromatic ring is 1. The highest BCUT2D eigenvalue weighted by molar-refractivity contribution is 6.05. The van der Waals surface area contributed by atoms with Gasteiger partial charge in [0.25, 0.3) is 0 Å². The van der Waals surface area contributed by atoms with Crippen molar-refractivity contribution in [2.75, 3.05) is 18.9 Å². The first-order chi connectivity index (χ1) is 10.0. The van der Waals surface area contributed by atoms with Gasteiger partial charge in [-0.1, -0.05) is 19.9 Å². The zero-order chi connectivity index (χ0) is 15.5. The Bertz CT molecular complexity index is 538. The van der Waals surface area contributed by atoms with Crippen LogP contribution in [-0.2, 0) is 9.59 Å². The molecule has 1 aromatic rings. The molecule has 1 fully saturated rings. The molecule has 0 aliphatic carbocycles. The summed E-state index contributed by atoms with van der Waals surface area (Å²) in [6.45, 7) is 4.49. The van der Waals surface area contributed by atoms with Crippen molar-refractivity contribution in [3.8, 4) is 5.75 Å². The Morgan fingerprint density at radius 2 is 2.00 bits per heavy atom. The number of ether oxygens (including phenoxy) is 1. The number of hydrogen-bond acceptors (Lipinski definition) is 4. The van der Waals surface area contributed by atoms with Crippen LogP contribution in [-0.4, -0.2) is 29.9 Å². The molecule has 1 aromatic carbocycles. The maximum atomic E-state index is 12.4. The largest absolute Gasteiger partial charge is 0.492 e. The fourth-order valence-corrected chi connectivity index (χ4v) is 2.75. The van der Waals surface area contributed by atoms with Crippen LogP contribution in [0.2, 0.25) is 0 Å². The Kier molecular flexibility index (Phi) is 4.50. The fourth-order valence-electron chi connectivity index (χ4n) is 2.75. The molecular formula is C16H22N2O3. The average Bonchev–Trinajstić information content (AvgIpc) is 2.72. The van der Waals surface area contributed by atoms with Crippen LogP contribution in [0.5, 0.6) is 5.75 Å². The van der Waals surface area contributed by atoms with Crippen molar-refractivity contribution in [3.63, 3.8) is 0 Å². The van der Waals surface area contributed by atoms with Gasteiger partial charge in [0, 0.05) is 18.2 Å². The summed E-state index contributed by atoms with van der Waals surface area (Å²) in [6.07, 6.45) is 1.71. The quantitative estimate of drug-likeness (QED) is 0.644. The molecule has 0 saturated carbocycles. The number of carbonyl (C=O) groups is 2. The first-order valence-corrected chi connectivity index (χ1v) is 7.35. The maximum Gasteiger partial charge on any atom is 0.236 e. The van der Waals surface area contributed by atoms with E-state index in [2.05, 4.69) is 0 Å². The molecular weight excluding hydrogens is 268 g/mol. The highest BCUT2D eigenvalue weighted by atomic mass is 16.5. The maximum absolute atomic E-state index is 12.4.